The van der Waals surface area contributed by atoms with Crippen molar-refractivity contribution < 1.29 is 24.2 Å². The van der Waals surface area contributed by atoms with Crippen LogP contribution in [0.15, 0.2) is 65.1 Å². The first-order chi connectivity index (χ1) is 17.3. The second kappa shape index (κ2) is 11.4. The molecule has 2 aromatic carbocycles. The lowest BCUT2D eigenvalue weighted by molar-refractivity contribution is -0.137. The number of carbonyl (C=O) groups is 2. The van der Waals surface area contributed by atoms with E-state index in [9.17, 15) is 14.7 Å². The highest BCUT2D eigenvalue weighted by Gasteiger charge is 2.30. The van der Waals surface area contributed by atoms with Crippen LogP contribution in [0.3, 0.4) is 0 Å². The molecule has 1 aliphatic carbocycles. The van der Waals surface area contributed by atoms with Crippen LogP contribution >= 0.6 is 0 Å². The fourth-order valence-corrected chi connectivity index (χ4v) is 4.91. The molecule has 0 radical (unpaired) electrons. The van der Waals surface area contributed by atoms with Gasteiger partial charge in [-0.05, 0) is 68.9 Å². The van der Waals surface area contributed by atoms with Crippen molar-refractivity contribution >= 4 is 17.6 Å². The normalized spacial score (nSPS) is 18.4. The van der Waals surface area contributed by atoms with E-state index in [0.717, 1.165) is 54.0 Å². The van der Waals surface area contributed by atoms with E-state index >= 15 is 0 Å². The number of hydrogen-bond acceptors (Lipinski definition) is 5. The summed E-state index contributed by atoms with van der Waals surface area (Å²) < 4.78 is 6.17. The second-order valence-corrected chi connectivity index (χ2v) is 9.63. The van der Waals surface area contributed by atoms with Gasteiger partial charge in [-0.25, -0.2) is 0 Å². The number of amides is 1. The number of rotatable bonds is 9. The lowest BCUT2D eigenvalue weighted by Crippen LogP contribution is -2.29. The number of hydrogen-bond donors (Lipinski definition) is 3. The molecule has 7 nitrogen and oxygen atoms in total. The second-order valence-electron chi connectivity index (χ2n) is 9.63. The lowest BCUT2D eigenvalue weighted by atomic mass is 9.80. The maximum atomic E-state index is 12.6. The maximum absolute atomic E-state index is 12.6. The first kappa shape index (κ1) is 25.5. The number of anilines is 1. The SMILES string of the molecule is Cc1oc(-c2ccccc2)cc1C(Nc1ccc(C(=O)N(C)CCC(=O)O)cc1)C1CCC(O)CC1. The smallest absolute Gasteiger partial charge is 0.305 e. The van der Waals surface area contributed by atoms with Crippen LogP contribution in [-0.2, 0) is 4.79 Å². The van der Waals surface area contributed by atoms with Crippen molar-refractivity contribution in [1.29, 1.82) is 0 Å². The molecule has 0 aliphatic heterocycles. The minimum absolute atomic E-state index is 0.00139. The van der Waals surface area contributed by atoms with E-state index in [4.69, 9.17) is 9.52 Å². The summed E-state index contributed by atoms with van der Waals surface area (Å²) >= 11 is 0. The van der Waals surface area contributed by atoms with Crippen LogP contribution in [0, 0.1) is 12.8 Å². The molecule has 0 spiro atoms. The van der Waals surface area contributed by atoms with E-state index in [0.29, 0.717) is 11.5 Å². The first-order valence-corrected chi connectivity index (χ1v) is 12.5. The van der Waals surface area contributed by atoms with Crippen LogP contribution in [0.5, 0.6) is 0 Å². The Morgan fingerprint density at radius 1 is 1.06 bits per heavy atom. The fraction of sp³-hybridized carbons (Fsp3) is 0.379. The third kappa shape index (κ3) is 6.15. The van der Waals surface area contributed by atoms with E-state index in [1.54, 1.807) is 19.2 Å². The molecule has 1 heterocycles. The molecular formula is C29H34N2O5. The molecule has 3 N–H and O–H groups in total. The number of benzene rings is 2. The van der Waals surface area contributed by atoms with E-state index < -0.39 is 5.97 Å². The third-order valence-corrected chi connectivity index (χ3v) is 7.02. The van der Waals surface area contributed by atoms with Crippen molar-refractivity contribution in [2.75, 3.05) is 18.9 Å². The van der Waals surface area contributed by atoms with Gasteiger partial charge >= 0.3 is 5.97 Å². The van der Waals surface area contributed by atoms with Crippen molar-refractivity contribution in [3.05, 3.63) is 77.6 Å². The Hall–Kier alpha value is -3.58. The summed E-state index contributed by atoms with van der Waals surface area (Å²) in [5, 5.41) is 22.6. The summed E-state index contributed by atoms with van der Waals surface area (Å²) in [6, 6.07) is 19.4. The zero-order chi connectivity index (χ0) is 25.7. The van der Waals surface area contributed by atoms with Gasteiger partial charge in [0.05, 0.1) is 18.6 Å². The minimum atomic E-state index is -0.930. The summed E-state index contributed by atoms with van der Waals surface area (Å²) in [6.07, 6.45) is 3.05. The van der Waals surface area contributed by atoms with E-state index in [2.05, 4.69) is 11.4 Å². The molecular weight excluding hydrogens is 456 g/mol. The summed E-state index contributed by atoms with van der Waals surface area (Å²) in [5.41, 5.74) is 3.53. The molecule has 36 heavy (non-hydrogen) atoms. The molecule has 1 fully saturated rings. The quantitative estimate of drug-likeness (QED) is 0.366. The van der Waals surface area contributed by atoms with Crippen molar-refractivity contribution in [2.24, 2.45) is 5.92 Å². The number of nitrogens with zero attached hydrogens (tertiary/aromatic N) is 1. The largest absolute Gasteiger partial charge is 0.481 e. The maximum Gasteiger partial charge on any atom is 0.305 e. The average Bonchev–Trinajstić information content (AvgIpc) is 3.28. The molecule has 1 aliphatic rings. The number of nitrogens with one attached hydrogen (secondary N) is 1. The number of carboxylic acids is 1. The standard InChI is InChI=1S/C29H34N2O5/c1-19-25(18-26(36-19)20-6-4-3-5-7-20)28(21-10-14-24(32)15-11-21)30-23-12-8-22(9-13-23)29(35)31(2)17-16-27(33)34/h3-9,12-13,18,21,24,28,30,32H,10-11,14-17H2,1-2H3,(H,33,34). The molecule has 1 unspecified atom stereocenters. The zero-order valence-electron chi connectivity index (χ0n) is 20.8. The highest BCUT2D eigenvalue weighted by atomic mass is 16.4. The van der Waals surface area contributed by atoms with Crippen LogP contribution in [-0.4, -0.2) is 46.7 Å². The highest BCUT2D eigenvalue weighted by Crippen LogP contribution is 2.40. The van der Waals surface area contributed by atoms with Gasteiger partial charge < -0.3 is 24.8 Å². The molecule has 7 heteroatoms. The topological polar surface area (TPSA) is 103 Å². The van der Waals surface area contributed by atoms with Crippen LogP contribution in [0.25, 0.3) is 11.3 Å². The number of carbonyl (C=O) groups excluding carboxylic acids is 1. The predicted octanol–water partition coefficient (Wildman–Crippen LogP) is 5.51. The number of furan rings is 1. The molecule has 1 amide bonds. The minimum Gasteiger partial charge on any atom is -0.481 e. The van der Waals surface area contributed by atoms with Crippen molar-refractivity contribution in [2.45, 2.75) is 51.2 Å². The Balaban J connectivity index is 1.55. The Kier molecular flexibility index (Phi) is 8.10. The first-order valence-electron chi connectivity index (χ1n) is 12.5. The predicted molar refractivity (Wildman–Crippen MR) is 139 cm³/mol. The Morgan fingerprint density at radius 3 is 2.36 bits per heavy atom. The molecule has 1 atom stereocenters. The number of carboxylic acid groups (broad SMARTS) is 1. The Morgan fingerprint density at radius 2 is 1.72 bits per heavy atom. The van der Waals surface area contributed by atoms with Gasteiger partial charge in [-0.15, -0.1) is 0 Å². The third-order valence-electron chi connectivity index (χ3n) is 7.02. The van der Waals surface area contributed by atoms with Crippen LogP contribution in [0.1, 0.15) is 59.8 Å². The summed E-state index contributed by atoms with van der Waals surface area (Å²) in [7, 11) is 1.61. The molecule has 1 aromatic heterocycles. The van der Waals surface area contributed by atoms with Gasteiger partial charge in [0.2, 0.25) is 0 Å². The van der Waals surface area contributed by atoms with Crippen LogP contribution in [0.4, 0.5) is 5.69 Å². The summed E-state index contributed by atoms with van der Waals surface area (Å²) in [5.74, 6) is 0.886. The molecule has 190 valence electrons. The van der Waals surface area contributed by atoms with Crippen molar-refractivity contribution in [1.82, 2.24) is 4.90 Å². The van der Waals surface area contributed by atoms with Crippen molar-refractivity contribution in [3.8, 4) is 11.3 Å². The average molecular weight is 491 g/mol. The molecule has 0 saturated heterocycles. The van der Waals surface area contributed by atoms with E-state index in [-0.39, 0.29) is 31.0 Å². The molecule has 4 rings (SSSR count). The summed E-state index contributed by atoms with van der Waals surface area (Å²) in [6.45, 7) is 2.15. The molecule has 1 saturated carbocycles. The highest BCUT2D eigenvalue weighted by molar-refractivity contribution is 5.94. The van der Waals surface area contributed by atoms with Gasteiger partial charge in [-0.2, -0.15) is 0 Å². The number of aliphatic hydroxyl groups excluding tert-OH is 1. The van der Waals surface area contributed by atoms with Gasteiger partial charge in [0.25, 0.3) is 5.91 Å². The van der Waals surface area contributed by atoms with E-state index in [1.165, 1.54) is 4.90 Å². The van der Waals surface area contributed by atoms with Crippen molar-refractivity contribution in [3.63, 3.8) is 0 Å². The van der Waals surface area contributed by atoms with Gasteiger partial charge in [0.15, 0.2) is 0 Å². The van der Waals surface area contributed by atoms with Crippen LogP contribution < -0.4 is 5.32 Å². The van der Waals surface area contributed by atoms with E-state index in [1.807, 2.05) is 49.4 Å². The number of aliphatic carboxylic acids is 1. The number of aryl methyl sites for hydroxylation is 1. The zero-order valence-corrected chi connectivity index (χ0v) is 20.8. The Bertz CT molecular complexity index is 1160. The molecule has 0 bridgehead atoms. The molecule has 3 aromatic rings. The van der Waals surface area contributed by atoms with Gasteiger partial charge in [-0.3, -0.25) is 9.59 Å². The Labute approximate surface area is 211 Å². The fourth-order valence-electron chi connectivity index (χ4n) is 4.91. The summed E-state index contributed by atoms with van der Waals surface area (Å²) in [4.78, 5) is 24.9. The number of aliphatic hydroxyl groups is 1. The van der Waals surface area contributed by atoms with Crippen LogP contribution in [0.2, 0.25) is 0 Å². The monoisotopic (exact) mass is 490 g/mol. The van der Waals surface area contributed by atoms with Gasteiger partial charge in [0.1, 0.15) is 11.5 Å². The van der Waals surface area contributed by atoms with Gasteiger partial charge in [0, 0.05) is 36.0 Å². The van der Waals surface area contributed by atoms with Gasteiger partial charge in [-0.1, -0.05) is 30.3 Å². The lowest BCUT2D eigenvalue weighted by Gasteiger charge is -2.33.